The quantitative estimate of drug-likeness (QED) is 0.722. The Morgan fingerprint density at radius 3 is 2.33 bits per heavy atom. The second-order valence-electron chi connectivity index (χ2n) is 3.98. The zero-order valence-electron chi connectivity index (χ0n) is 9.48. The fraction of sp³-hybridized carbons (Fsp3) is 1.00. The monoisotopic (exact) mass is 226 g/mol. The highest BCUT2D eigenvalue weighted by atomic mass is 19.4. The van der Waals surface area contributed by atoms with Gasteiger partial charge in [0.05, 0.1) is 0 Å². The van der Waals surface area contributed by atoms with Gasteiger partial charge in [-0.1, -0.05) is 0 Å². The van der Waals surface area contributed by atoms with Crippen molar-refractivity contribution in [1.29, 1.82) is 0 Å². The van der Waals surface area contributed by atoms with Gasteiger partial charge < -0.3 is 10.6 Å². The van der Waals surface area contributed by atoms with E-state index >= 15 is 0 Å². The van der Waals surface area contributed by atoms with Crippen LogP contribution in [-0.4, -0.2) is 37.3 Å². The third kappa shape index (κ3) is 8.69. The third-order valence-electron chi connectivity index (χ3n) is 2.55. The SMILES string of the molecule is CC(CCCC(F)(F)F)N(C)CCCN. The highest BCUT2D eigenvalue weighted by Gasteiger charge is 2.26. The smallest absolute Gasteiger partial charge is 0.330 e. The van der Waals surface area contributed by atoms with E-state index in [1.165, 1.54) is 0 Å². The highest BCUT2D eigenvalue weighted by Crippen LogP contribution is 2.23. The predicted molar refractivity (Wildman–Crippen MR) is 55.7 cm³/mol. The average molecular weight is 226 g/mol. The summed E-state index contributed by atoms with van der Waals surface area (Å²) >= 11 is 0. The number of halogens is 3. The molecule has 0 aromatic carbocycles. The number of hydrogen-bond acceptors (Lipinski definition) is 2. The van der Waals surface area contributed by atoms with Crippen molar-refractivity contribution in [2.75, 3.05) is 20.1 Å². The molecule has 0 bridgehead atoms. The van der Waals surface area contributed by atoms with Crippen molar-refractivity contribution in [1.82, 2.24) is 4.90 Å². The molecular weight excluding hydrogens is 205 g/mol. The van der Waals surface area contributed by atoms with Crippen LogP contribution in [0.15, 0.2) is 0 Å². The summed E-state index contributed by atoms with van der Waals surface area (Å²) in [5, 5.41) is 0. The van der Waals surface area contributed by atoms with E-state index in [9.17, 15) is 13.2 Å². The molecule has 0 saturated carbocycles. The third-order valence-corrected chi connectivity index (χ3v) is 2.55. The van der Waals surface area contributed by atoms with Gasteiger partial charge in [-0.25, -0.2) is 0 Å². The van der Waals surface area contributed by atoms with Crippen molar-refractivity contribution in [3.63, 3.8) is 0 Å². The van der Waals surface area contributed by atoms with E-state index in [2.05, 4.69) is 4.90 Å². The molecular formula is C10H21F3N2. The molecule has 1 unspecified atom stereocenters. The largest absolute Gasteiger partial charge is 0.389 e. The van der Waals surface area contributed by atoms with Gasteiger partial charge in [0.25, 0.3) is 0 Å². The van der Waals surface area contributed by atoms with Gasteiger partial charge in [0, 0.05) is 12.5 Å². The van der Waals surface area contributed by atoms with Gasteiger partial charge in [-0.15, -0.1) is 0 Å². The lowest BCUT2D eigenvalue weighted by Gasteiger charge is -2.24. The van der Waals surface area contributed by atoms with Gasteiger partial charge in [0.1, 0.15) is 0 Å². The van der Waals surface area contributed by atoms with Crippen molar-refractivity contribution in [3.05, 3.63) is 0 Å². The molecule has 1 atom stereocenters. The highest BCUT2D eigenvalue weighted by molar-refractivity contribution is 4.64. The maximum atomic E-state index is 11.9. The molecule has 0 aliphatic rings. The first-order valence-corrected chi connectivity index (χ1v) is 5.34. The second-order valence-corrected chi connectivity index (χ2v) is 3.98. The minimum atomic E-state index is -4.02. The van der Waals surface area contributed by atoms with E-state index in [-0.39, 0.29) is 12.5 Å². The predicted octanol–water partition coefficient (Wildman–Crippen LogP) is 2.39. The van der Waals surface area contributed by atoms with E-state index in [1.54, 1.807) is 0 Å². The van der Waals surface area contributed by atoms with E-state index in [4.69, 9.17) is 5.73 Å². The lowest BCUT2D eigenvalue weighted by Crippen LogP contribution is -2.31. The Morgan fingerprint density at radius 1 is 1.27 bits per heavy atom. The number of hydrogen-bond donors (Lipinski definition) is 1. The summed E-state index contributed by atoms with van der Waals surface area (Å²) in [6, 6.07) is 0.193. The van der Waals surface area contributed by atoms with Crippen molar-refractivity contribution in [2.45, 2.75) is 44.8 Å². The molecule has 0 heterocycles. The maximum Gasteiger partial charge on any atom is 0.389 e. The maximum absolute atomic E-state index is 11.9. The molecule has 2 nitrogen and oxygen atoms in total. The molecule has 0 saturated heterocycles. The summed E-state index contributed by atoms with van der Waals surface area (Å²) in [5.41, 5.74) is 5.36. The van der Waals surface area contributed by atoms with Crippen LogP contribution in [-0.2, 0) is 0 Å². The van der Waals surface area contributed by atoms with Gasteiger partial charge in [0.2, 0.25) is 0 Å². The van der Waals surface area contributed by atoms with Crippen LogP contribution in [0, 0.1) is 0 Å². The zero-order chi connectivity index (χ0) is 11.9. The van der Waals surface area contributed by atoms with Crippen LogP contribution in [0.5, 0.6) is 0 Å². The standard InChI is InChI=1S/C10H21F3N2/c1-9(15(2)8-4-7-14)5-3-6-10(11,12)13/h9H,3-8,14H2,1-2H3. The Bertz CT molecular complexity index is 159. The molecule has 0 fully saturated rings. The van der Waals surface area contributed by atoms with Crippen LogP contribution in [0.4, 0.5) is 13.2 Å². The molecule has 0 aliphatic heterocycles. The van der Waals surface area contributed by atoms with Crippen LogP contribution in [0.1, 0.15) is 32.6 Å². The number of rotatable bonds is 7. The first-order chi connectivity index (χ1) is 6.87. The summed E-state index contributed by atoms with van der Waals surface area (Å²) in [6.45, 7) is 3.43. The number of nitrogens with two attached hydrogens (primary N) is 1. The number of nitrogens with zero attached hydrogens (tertiary/aromatic N) is 1. The summed E-state index contributed by atoms with van der Waals surface area (Å²) in [5.74, 6) is 0. The first kappa shape index (κ1) is 14.7. The summed E-state index contributed by atoms with van der Waals surface area (Å²) in [4.78, 5) is 2.06. The van der Waals surface area contributed by atoms with Crippen LogP contribution >= 0.6 is 0 Å². The first-order valence-electron chi connectivity index (χ1n) is 5.34. The van der Waals surface area contributed by atoms with E-state index in [0.29, 0.717) is 13.0 Å². The van der Waals surface area contributed by atoms with E-state index in [1.807, 2.05) is 14.0 Å². The molecule has 0 amide bonds. The van der Waals surface area contributed by atoms with E-state index < -0.39 is 12.6 Å². The second kappa shape index (κ2) is 7.06. The lowest BCUT2D eigenvalue weighted by molar-refractivity contribution is -0.136. The Balaban J connectivity index is 3.59. The molecule has 0 aliphatic carbocycles. The van der Waals surface area contributed by atoms with Gasteiger partial charge in [-0.2, -0.15) is 13.2 Å². The Kier molecular flexibility index (Phi) is 6.92. The normalized spacial score (nSPS) is 14.6. The van der Waals surface area contributed by atoms with Crippen LogP contribution < -0.4 is 5.73 Å². The molecule has 0 rings (SSSR count). The average Bonchev–Trinajstić information content (AvgIpc) is 2.11. The Morgan fingerprint density at radius 2 is 1.87 bits per heavy atom. The van der Waals surface area contributed by atoms with Gasteiger partial charge in [-0.05, 0) is 46.3 Å². The van der Waals surface area contributed by atoms with Crippen molar-refractivity contribution >= 4 is 0 Å². The van der Waals surface area contributed by atoms with E-state index in [0.717, 1.165) is 13.0 Å². The van der Waals surface area contributed by atoms with Crippen LogP contribution in [0.2, 0.25) is 0 Å². The molecule has 92 valence electrons. The minimum absolute atomic E-state index is 0.193. The van der Waals surface area contributed by atoms with Crippen LogP contribution in [0.25, 0.3) is 0 Å². The summed E-state index contributed by atoms with van der Waals surface area (Å²) in [6.07, 6.45) is -3.02. The Hall–Kier alpha value is -0.290. The molecule has 0 aromatic heterocycles. The van der Waals surface area contributed by atoms with Crippen molar-refractivity contribution in [2.24, 2.45) is 5.73 Å². The lowest BCUT2D eigenvalue weighted by atomic mass is 10.1. The molecule has 0 radical (unpaired) electrons. The van der Waals surface area contributed by atoms with Gasteiger partial charge in [-0.3, -0.25) is 0 Å². The van der Waals surface area contributed by atoms with Crippen molar-refractivity contribution < 1.29 is 13.2 Å². The molecule has 15 heavy (non-hydrogen) atoms. The fourth-order valence-corrected chi connectivity index (χ4v) is 1.38. The topological polar surface area (TPSA) is 29.3 Å². The molecule has 0 aromatic rings. The molecule has 5 heteroatoms. The fourth-order valence-electron chi connectivity index (χ4n) is 1.38. The van der Waals surface area contributed by atoms with Gasteiger partial charge in [0.15, 0.2) is 0 Å². The summed E-state index contributed by atoms with van der Waals surface area (Å²) in [7, 11) is 1.92. The number of alkyl halides is 3. The molecule has 2 N–H and O–H groups in total. The van der Waals surface area contributed by atoms with Crippen molar-refractivity contribution in [3.8, 4) is 0 Å². The minimum Gasteiger partial charge on any atom is -0.330 e. The summed E-state index contributed by atoms with van der Waals surface area (Å²) < 4.78 is 35.6. The Labute approximate surface area is 89.6 Å². The van der Waals surface area contributed by atoms with Gasteiger partial charge >= 0.3 is 6.18 Å². The molecule has 0 spiro atoms. The van der Waals surface area contributed by atoms with Crippen LogP contribution in [0.3, 0.4) is 0 Å². The zero-order valence-corrected chi connectivity index (χ0v) is 9.48.